The van der Waals surface area contributed by atoms with Gasteiger partial charge in [-0.25, -0.2) is 0 Å². The molecule has 4 rings (SSSR count). The van der Waals surface area contributed by atoms with E-state index < -0.39 is 0 Å². The largest absolute Gasteiger partial charge is 0.383 e. The Morgan fingerprint density at radius 3 is 2.96 bits per heavy atom. The van der Waals surface area contributed by atoms with Gasteiger partial charge in [0.05, 0.1) is 32.8 Å². The van der Waals surface area contributed by atoms with E-state index in [9.17, 15) is 9.59 Å². The van der Waals surface area contributed by atoms with Gasteiger partial charge in [-0.3, -0.25) is 14.3 Å². The van der Waals surface area contributed by atoms with Crippen molar-refractivity contribution in [2.24, 2.45) is 5.92 Å². The van der Waals surface area contributed by atoms with Crippen LogP contribution in [0.25, 0.3) is 0 Å². The summed E-state index contributed by atoms with van der Waals surface area (Å²) in [6, 6.07) is 1.76. The van der Waals surface area contributed by atoms with E-state index in [1.807, 2.05) is 16.0 Å². The Kier molecular flexibility index (Phi) is 5.19. The molecular weight excluding hydrogens is 348 g/mol. The Morgan fingerprint density at radius 1 is 1.44 bits per heavy atom. The number of aromatic nitrogens is 2. The average Bonchev–Trinajstić information content (AvgIpc) is 3.28. The third-order valence-corrected chi connectivity index (χ3v) is 5.91. The van der Waals surface area contributed by atoms with Gasteiger partial charge in [-0.1, -0.05) is 0 Å². The first-order valence-corrected chi connectivity index (χ1v) is 9.82. The van der Waals surface area contributed by atoms with Crippen molar-refractivity contribution in [2.45, 2.75) is 37.8 Å². The van der Waals surface area contributed by atoms with E-state index in [2.05, 4.69) is 5.10 Å². The smallest absolute Gasteiger partial charge is 0.274 e. The average molecular weight is 376 g/mol. The van der Waals surface area contributed by atoms with Crippen molar-refractivity contribution in [3.8, 4) is 0 Å². The molecular formula is C19H28N4O4. The minimum atomic E-state index is -0.195. The monoisotopic (exact) mass is 376 g/mol. The predicted octanol–water partition coefficient (Wildman–Crippen LogP) is 0.773. The molecule has 3 fully saturated rings. The fourth-order valence-corrected chi connectivity index (χ4v) is 4.26. The number of rotatable bonds is 6. The van der Waals surface area contributed by atoms with Crippen molar-refractivity contribution in [1.29, 1.82) is 0 Å². The van der Waals surface area contributed by atoms with E-state index in [-0.39, 0.29) is 17.4 Å². The van der Waals surface area contributed by atoms with Crippen LogP contribution in [0.4, 0.5) is 0 Å². The number of hydrogen-bond donors (Lipinski definition) is 0. The number of carbonyl (C=O) groups excluding carboxylic acids is 2. The van der Waals surface area contributed by atoms with Gasteiger partial charge in [-0.15, -0.1) is 0 Å². The van der Waals surface area contributed by atoms with Gasteiger partial charge in [0, 0.05) is 38.7 Å². The summed E-state index contributed by atoms with van der Waals surface area (Å²) in [5.41, 5.74) is 0.280. The molecule has 1 aromatic heterocycles. The molecule has 0 N–H and O–H groups in total. The SMILES string of the molecule is COCCn1ccc(C(=O)N2CC3(CCC(CN4CCCC4=O)CO3)C2)n1. The van der Waals surface area contributed by atoms with Crippen LogP contribution in [0.15, 0.2) is 12.3 Å². The highest BCUT2D eigenvalue weighted by Crippen LogP contribution is 2.37. The molecule has 0 aromatic carbocycles. The molecule has 1 spiro atoms. The molecule has 0 saturated carbocycles. The maximum atomic E-state index is 12.6. The van der Waals surface area contributed by atoms with Crippen molar-refractivity contribution < 1.29 is 19.1 Å². The summed E-state index contributed by atoms with van der Waals surface area (Å²) in [7, 11) is 1.65. The quantitative estimate of drug-likeness (QED) is 0.733. The number of methoxy groups -OCH3 is 1. The second-order valence-corrected chi connectivity index (χ2v) is 7.96. The lowest BCUT2D eigenvalue weighted by atomic mass is 9.82. The van der Waals surface area contributed by atoms with E-state index >= 15 is 0 Å². The van der Waals surface area contributed by atoms with Crippen LogP contribution in [0.3, 0.4) is 0 Å². The molecule has 4 heterocycles. The molecule has 148 valence electrons. The standard InChI is InChI=1S/C19H28N4O4/c1-26-10-9-23-8-5-16(20-23)18(25)22-13-19(14-22)6-4-15(12-27-19)11-21-7-2-3-17(21)24/h5,8,15H,2-4,6-7,9-14H2,1H3. The Hall–Kier alpha value is -1.93. The molecule has 0 bridgehead atoms. The van der Waals surface area contributed by atoms with Crippen LogP contribution < -0.4 is 0 Å². The molecule has 2 amide bonds. The summed E-state index contributed by atoms with van der Waals surface area (Å²) < 4.78 is 12.9. The highest BCUT2D eigenvalue weighted by molar-refractivity contribution is 5.93. The van der Waals surface area contributed by atoms with Gasteiger partial charge >= 0.3 is 0 Å². The highest BCUT2D eigenvalue weighted by atomic mass is 16.5. The molecule has 8 heteroatoms. The van der Waals surface area contributed by atoms with E-state index in [1.165, 1.54) is 0 Å². The molecule has 27 heavy (non-hydrogen) atoms. The fourth-order valence-electron chi connectivity index (χ4n) is 4.26. The minimum Gasteiger partial charge on any atom is -0.383 e. The van der Waals surface area contributed by atoms with E-state index in [0.29, 0.717) is 50.9 Å². The topological polar surface area (TPSA) is 76.9 Å². The molecule has 3 aliphatic rings. The molecule has 1 unspecified atom stereocenters. The first kappa shape index (κ1) is 18.4. The Morgan fingerprint density at radius 2 is 2.30 bits per heavy atom. The van der Waals surface area contributed by atoms with Crippen LogP contribution in [-0.4, -0.2) is 83.5 Å². The maximum Gasteiger partial charge on any atom is 0.274 e. The van der Waals surface area contributed by atoms with Crippen molar-refractivity contribution in [2.75, 3.05) is 46.5 Å². The zero-order valence-corrected chi connectivity index (χ0v) is 15.9. The minimum absolute atomic E-state index is 0.0369. The van der Waals surface area contributed by atoms with Gasteiger partial charge in [0.2, 0.25) is 5.91 Å². The molecule has 0 radical (unpaired) electrons. The van der Waals surface area contributed by atoms with Crippen LogP contribution in [-0.2, 0) is 20.8 Å². The number of hydrogen-bond acceptors (Lipinski definition) is 5. The van der Waals surface area contributed by atoms with Crippen molar-refractivity contribution in [3.05, 3.63) is 18.0 Å². The lowest BCUT2D eigenvalue weighted by molar-refractivity contribution is -0.169. The van der Waals surface area contributed by atoms with Gasteiger partial charge in [-0.2, -0.15) is 5.10 Å². The summed E-state index contributed by atoms with van der Waals surface area (Å²) in [5.74, 6) is 0.657. The first-order valence-electron chi connectivity index (χ1n) is 9.82. The van der Waals surface area contributed by atoms with Gasteiger partial charge in [0.1, 0.15) is 11.3 Å². The third-order valence-electron chi connectivity index (χ3n) is 5.91. The Labute approximate surface area is 159 Å². The molecule has 1 aromatic rings. The van der Waals surface area contributed by atoms with Crippen LogP contribution in [0.1, 0.15) is 36.2 Å². The van der Waals surface area contributed by atoms with E-state index in [0.717, 1.165) is 32.4 Å². The molecule has 3 saturated heterocycles. The van der Waals surface area contributed by atoms with Gasteiger partial charge < -0.3 is 19.3 Å². The van der Waals surface area contributed by atoms with E-state index in [1.54, 1.807) is 17.9 Å². The van der Waals surface area contributed by atoms with Crippen LogP contribution in [0, 0.1) is 5.92 Å². The van der Waals surface area contributed by atoms with Gasteiger partial charge in [0.15, 0.2) is 0 Å². The molecule has 0 aliphatic carbocycles. The number of ether oxygens (including phenoxy) is 2. The summed E-state index contributed by atoms with van der Waals surface area (Å²) in [4.78, 5) is 28.2. The van der Waals surface area contributed by atoms with Crippen molar-refractivity contribution in [3.63, 3.8) is 0 Å². The summed E-state index contributed by atoms with van der Waals surface area (Å²) in [6.07, 6.45) is 5.48. The normalized spacial score (nSPS) is 24.5. The molecule has 1 atom stereocenters. The lowest BCUT2D eigenvalue weighted by Crippen LogP contribution is -2.66. The van der Waals surface area contributed by atoms with E-state index in [4.69, 9.17) is 9.47 Å². The Bertz CT molecular complexity index is 688. The number of likely N-dealkylation sites (tertiary alicyclic amines) is 2. The third kappa shape index (κ3) is 3.87. The lowest BCUT2D eigenvalue weighted by Gasteiger charge is -2.52. The first-order chi connectivity index (χ1) is 13.1. The summed E-state index contributed by atoms with van der Waals surface area (Å²) >= 11 is 0. The maximum absolute atomic E-state index is 12.6. The van der Waals surface area contributed by atoms with Crippen LogP contribution >= 0.6 is 0 Å². The zero-order chi connectivity index (χ0) is 18.9. The van der Waals surface area contributed by atoms with Crippen molar-refractivity contribution >= 4 is 11.8 Å². The number of carbonyl (C=O) groups is 2. The molecule has 3 aliphatic heterocycles. The number of nitrogens with zero attached hydrogens (tertiary/aromatic N) is 4. The fraction of sp³-hybridized carbons (Fsp3) is 0.737. The highest BCUT2D eigenvalue weighted by Gasteiger charge is 2.49. The summed E-state index contributed by atoms with van der Waals surface area (Å²) in [6.45, 7) is 4.85. The van der Waals surface area contributed by atoms with Gasteiger partial charge in [0.25, 0.3) is 5.91 Å². The van der Waals surface area contributed by atoms with Crippen molar-refractivity contribution in [1.82, 2.24) is 19.6 Å². The second kappa shape index (κ2) is 7.59. The zero-order valence-electron chi connectivity index (χ0n) is 15.9. The Balaban J connectivity index is 1.24. The second-order valence-electron chi connectivity index (χ2n) is 7.96. The summed E-state index contributed by atoms with van der Waals surface area (Å²) in [5, 5.41) is 4.33. The van der Waals surface area contributed by atoms with Gasteiger partial charge in [-0.05, 0) is 25.3 Å². The van der Waals surface area contributed by atoms with Crippen LogP contribution in [0.5, 0.6) is 0 Å². The predicted molar refractivity (Wildman–Crippen MR) is 97.2 cm³/mol. The molecule has 8 nitrogen and oxygen atoms in total. The van der Waals surface area contributed by atoms with Crippen LogP contribution in [0.2, 0.25) is 0 Å². The number of amides is 2.